The summed E-state index contributed by atoms with van der Waals surface area (Å²) < 4.78 is 10.4. The molecule has 0 atom stereocenters. The zero-order valence-electron chi connectivity index (χ0n) is 13.0. The number of hydrogen-bond donors (Lipinski definition) is 1. The van der Waals surface area contributed by atoms with Crippen molar-refractivity contribution in [3.8, 4) is 6.01 Å². The fraction of sp³-hybridized carbons (Fsp3) is 0.353. The molecule has 0 saturated carbocycles. The van der Waals surface area contributed by atoms with E-state index in [9.17, 15) is 4.79 Å². The number of carbonyl (C=O) groups is 1. The number of nitrogens with one attached hydrogen (secondary N) is 1. The van der Waals surface area contributed by atoms with E-state index in [1.54, 1.807) is 12.4 Å². The summed E-state index contributed by atoms with van der Waals surface area (Å²) in [6, 6.07) is 10.1. The summed E-state index contributed by atoms with van der Waals surface area (Å²) in [4.78, 5) is 21.0. The van der Waals surface area contributed by atoms with E-state index in [0.717, 1.165) is 5.56 Å². The van der Waals surface area contributed by atoms with Gasteiger partial charge >= 0.3 is 6.01 Å². The summed E-state index contributed by atoms with van der Waals surface area (Å²) in [6.07, 6.45) is 4.39. The first-order valence-electron chi connectivity index (χ1n) is 7.55. The van der Waals surface area contributed by atoms with Crippen molar-refractivity contribution in [3.05, 3.63) is 48.3 Å². The molecule has 1 aromatic carbocycles. The molecule has 2 aromatic rings. The lowest BCUT2D eigenvalue weighted by molar-refractivity contribution is -0.125. The van der Waals surface area contributed by atoms with Gasteiger partial charge in [0.1, 0.15) is 0 Å². The van der Waals surface area contributed by atoms with E-state index in [2.05, 4.69) is 15.3 Å². The molecule has 120 valence electrons. The Labute approximate surface area is 134 Å². The van der Waals surface area contributed by atoms with Crippen molar-refractivity contribution < 1.29 is 14.3 Å². The molecule has 6 nitrogen and oxygen atoms in total. The Bertz CT molecular complexity index is 653. The Morgan fingerprint density at radius 2 is 1.83 bits per heavy atom. The lowest BCUT2D eigenvalue weighted by Crippen LogP contribution is -2.44. The summed E-state index contributed by atoms with van der Waals surface area (Å²) in [5.41, 5.74) is 0.979. The largest absolute Gasteiger partial charge is 0.467 e. The fourth-order valence-corrected chi connectivity index (χ4v) is 2.86. The highest BCUT2D eigenvalue weighted by Gasteiger charge is 2.41. The van der Waals surface area contributed by atoms with Crippen LogP contribution in [0.5, 0.6) is 6.01 Å². The van der Waals surface area contributed by atoms with Gasteiger partial charge in [0.2, 0.25) is 5.91 Å². The molecule has 1 N–H and O–H groups in total. The van der Waals surface area contributed by atoms with E-state index in [1.807, 2.05) is 30.3 Å². The summed E-state index contributed by atoms with van der Waals surface area (Å²) in [6.45, 7) is 1.14. The normalized spacial score (nSPS) is 16.6. The van der Waals surface area contributed by atoms with E-state index in [-0.39, 0.29) is 11.9 Å². The second kappa shape index (κ2) is 6.75. The van der Waals surface area contributed by atoms with Crippen molar-refractivity contribution in [1.29, 1.82) is 0 Å². The van der Waals surface area contributed by atoms with Crippen LogP contribution in [0.25, 0.3) is 0 Å². The summed E-state index contributed by atoms with van der Waals surface area (Å²) in [5.74, 6) is -0.0548. The van der Waals surface area contributed by atoms with E-state index < -0.39 is 5.41 Å². The maximum Gasteiger partial charge on any atom is 0.316 e. The van der Waals surface area contributed by atoms with Crippen LogP contribution in [0.4, 0.5) is 5.69 Å². The van der Waals surface area contributed by atoms with Crippen LogP contribution in [0.3, 0.4) is 0 Å². The van der Waals surface area contributed by atoms with Crippen molar-refractivity contribution in [3.63, 3.8) is 0 Å². The average Bonchev–Trinajstić information content (AvgIpc) is 2.63. The van der Waals surface area contributed by atoms with Crippen molar-refractivity contribution in [2.45, 2.75) is 18.3 Å². The summed E-state index contributed by atoms with van der Waals surface area (Å²) in [5, 5.41) is 2.93. The molecular weight excluding hydrogens is 294 g/mol. The first kappa shape index (κ1) is 15.4. The molecule has 6 heteroatoms. The zero-order valence-corrected chi connectivity index (χ0v) is 13.0. The van der Waals surface area contributed by atoms with Crippen molar-refractivity contribution in [2.75, 3.05) is 25.6 Å². The summed E-state index contributed by atoms with van der Waals surface area (Å²) >= 11 is 0. The van der Waals surface area contributed by atoms with Crippen molar-refractivity contribution in [1.82, 2.24) is 9.97 Å². The summed E-state index contributed by atoms with van der Waals surface area (Å²) in [7, 11) is 1.50. The van der Waals surface area contributed by atoms with Crippen LogP contribution >= 0.6 is 0 Å². The topological polar surface area (TPSA) is 73.3 Å². The number of methoxy groups -OCH3 is 1. The number of nitrogens with zero attached hydrogens (tertiary/aromatic N) is 2. The van der Waals surface area contributed by atoms with Crippen LogP contribution in [0.15, 0.2) is 42.7 Å². The van der Waals surface area contributed by atoms with Crippen molar-refractivity contribution >= 4 is 11.6 Å². The van der Waals surface area contributed by atoms with Gasteiger partial charge in [0, 0.05) is 13.2 Å². The molecule has 1 aliphatic heterocycles. The molecule has 0 bridgehead atoms. The number of carbonyl (C=O) groups excluding carboxylic acids is 1. The molecule has 0 radical (unpaired) electrons. The minimum atomic E-state index is -0.584. The predicted octanol–water partition coefficient (Wildman–Crippen LogP) is 2.17. The smallest absolute Gasteiger partial charge is 0.316 e. The van der Waals surface area contributed by atoms with E-state index in [4.69, 9.17) is 9.47 Å². The Hall–Kier alpha value is -2.47. The molecular formula is C17H19N3O3. The monoisotopic (exact) mass is 313 g/mol. The third-order valence-corrected chi connectivity index (χ3v) is 4.18. The van der Waals surface area contributed by atoms with Gasteiger partial charge in [0.25, 0.3) is 0 Å². The third-order valence-electron chi connectivity index (χ3n) is 4.18. The van der Waals surface area contributed by atoms with Gasteiger partial charge in [-0.2, -0.15) is 0 Å². The molecule has 2 heterocycles. The number of amides is 1. The Morgan fingerprint density at radius 3 is 2.43 bits per heavy atom. The Balaban J connectivity index is 1.85. The maximum atomic E-state index is 13.0. The van der Waals surface area contributed by atoms with Gasteiger partial charge in [-0.05, 0) is 18.4 Å². The number of aromatic nitrogens is 2. The van der Waals surface area contributed by atoms with Crippen LogP contribution in [0.2, 0.25) is 0 Å². The molecule has 0 spiro atoms. The second-order valence-electron chi connectivity index (χ2n) is 5.47. The SMILES string of the molecule is COc1ncc(NC(=O)C2(c3ccccc3)CCOCC2)cn1. The molecule has 0 aliphatic carbocycles. The van der Waals surface area contributed by atoms with Gasteiger partial charge < -0.3 is 14.8 Å². The highest BCUT2D eigenvalue weighted by atomic mass is 16.5. The van der Waals surface area contributed by atoms with E-state index in [1.165, 1.54) is 7.11 Å². The highest BCUT2D eigenvalue weighted by molar-refractivity contribution is 5.99. The molecule has 1 fully saturated rings. The van der Waals surface area contributed by atoms with Crippen LogP contribution < -0.4 is 10.1 Å². The lowest BCUT2D eigenvalue weighted by Gasteiger charge is -2.36. The van der Waals surface area contributed by atoms with E-state index >= 15 is 0 Å². The standard InChI is InChI=1S/C17H19N3O3/c1-22-16-18-11-14(12-19-16)20-15(21)17(7-9-23-10-8-17)13-5-3-2-4-6-13/h2-6,11-12H,7-10H2,1H3,(H,20,21). The van der Waals surface area contributed by atoms with Gasteiger partial charge in [-0.3, -0.25) is 4.79 Å². The van der Waals surface area contributed by atoms with Crippen LogP contribution in [-0.2, 0) is 14.9 Å². The number of ether oxygens (including phenoxy) is 2. The molecule has 0 unspecified atom stereocenters. The van der Waals surface area contributed by atoms with Crippen LogP contribution in [-0.4, -0.2) is 36.2 Å². The Kier molecular flexibility index (Phi) is 4.52. The first-order chi connectivity index (χ1) is 11.2. The second-order valence-corrected chi connectivity index (χ2v) is 5.47. The number of benzene rings is 1. The van der Waals surface area contributed by atoms with Gasteiger partial charge in [0.15, 0.2) is 0 Å². The molecule has 1 aliphatic rings. The number of hydrogen-bond acceptors (Lipinski definition) is 5. The minimum Gasteiger partial charge on any atom is -0.467 e. The highest BCUT2D eigenvalue weighted by Crippen LogP contribution is 2.36. The third kappa shape index (κ3) is 3.17. The zero-order chi connectivity index (χ0) is 16.1. The quantitative estimate of drug-likeness (QED) is 0.936. The van der Waals surface area contributed by atoms with Crippen LogP contribution in [0.1, 0.15) is 18.4 Å². The molecule has 1 amide bonds. The van der Waals surface area contributed by atoms with Crippen LogP contribution in [0, 0.1) is 0 Å². The van der Waals surface area contributed by atoms with Gasteiger partial charge in [-0.25, -0.2) is 9.97 Å². The molecule has 1 aromatic heterocycles. The van der Waals surface area contributed by atoms with Gasteiger partial charge in [-0.1, -0.05) is 30.3 Å². The first-order valence-corrected chi connectivity index (χ1v) is 7.55. The number of anilines is 1. The van der Waals surface area contributed by atoms with Crippen molar-refractivity contribution in [2.24, 2.45) is 0 Å². The van der Waals surface area contributed by atoms with Gasteiger partial charge in [0.05, 0.1) is 30.6 Å². The average molecular weight is 313 g/mol. The molecule has 1 saturated heterocycles. The lowest BCUT2D eigenvalue weighted by atomic mass is 9.73. The predicted molar refractivity (Wildman–Crippen MR) is 85.4 cm³/mol. The fourth-order valence-electron chi connectivity index (χ4n) is 2.86. The maximum absolute atomic E-state index is 13.0. The molecule has 23 heavy (non-hydrogen) atoms. The Morgan fingerprint density at radius 1 is 1.17 bits per heavy atom. The molecule has 3 rings (SSSR count). The van der Waals surface area contributed by atoms with E-state index in [0.29, 0.717) is 31.7 Å². The number of rotatable bonds is 4. The van der Waals surface area contributed by atoms with Gasteiger partial charge in [-0.15, -0.1) is 0 Å². The minimum absolute atomic E-state index is 0.0548.